The molecule has 50 valence electrons. The molecule has 0 aliphatic carbocycles. The van der Waals surface area contributed by atoms with Gasteiger partial charge in [0.25, 0.3) is 5.56 Å². The molecule has 1 aromatic heterocycles. The van der Waals surface area contributed by atoms with Gasteiger partial charge in [-0.2, -0.15) is 4.39 Å². The summed E-state index contributed by atoms with van der Waals surface area (Å²) >= 11 is 0. The number of aromatic nitrogens is 2. The number of hydrogen-bond acceptors (Lipinski definition) is 2. The summed E-state index contributed by atoms with van der Waals surface area (Å²) in [6, 6.07) is 0. The fourth-order valence-corrected chi connectivity index (χ4v) is 0.393. The molecule has 1 heterocycles. The van der Waals surface area contributed by atoms with Gasteiger partial charge in [0, 0.05) is 6.20 Å². The van der Waals surface area contributed by atoms with E-state index in [1.165, 1.54) is 0 Å². The Bertz CT molecular complexity index is 318. The summed E-state index contributed by atoms with van der Waals surface area (Å²) in [5, 5.41) is 0. The van der Waals surface area contributed by atoms with Crippen LogP contribution >= 0.6 is 0 Å². The first kappa shape index (κ1) is 10.2. The molecule has 2 N–H and O–H groups in total. The van der Waals surface area contributed by atoms with E-state index in [2.05, 4.69) is 0 Å². The van der Waals surface area contributed by atoms with Gasteiger partial charge < -0.3 is 4.98 Å². The molecule has 10 heavy (non-hydrogen) atoms. The Kier molecular flexibility index (Phi) is 4.30. The number of H-pyrrole nitrogens is 2. The SMILES string of the molecule is O=c1[nH]cc(F)c(=O)[nH]1.[KH]. The number of rotatable bonds is 0. The fraction of sp³-hybridized carbons (Fsp3) is 0. The van der Waals surface area contributed by atoms with E-state index in [0.717, 1.165) is 0 Å². The molecule has 0 radical (unpaired) electrons. The molecule has 0 aliphatic rings. The number of halogens is 1. The Hall–Kier alpha value is 0.246. The first-order valence-electron chi connectivity index (χ1n) is 2.17. The molecule has 0 atom stereocenters. The van der Waals surface area contributed by atoms with Crippen molar-refractivity contribution in [3.63, 3.8) is 0 Å². The van der Waals surface area contributed by atoms with Gasteiger partial charge in [0.1, 0.15) is 0 Å². The van der Waals surface area contributed by atoms with Crippen molar-refractivity contribution in [3.05, 3.63) is 32.9 Å². The Labute approximate surface area is 97.3 Å². The molecule has 0 fully saturated rings. The maximum absolute atomic E-state index is 12.0. The normalized spacial score (nSPS) is 8.50. The van der Waals surface area contributed by atoms with Crippen molar-refractivity contribution in [2.45, 2.75) is 0 Å². The molecule has 0 spiro atoms. The second kappa shape index (κ2) is 4.19. The molecule has 0 amide bonds. The fourth-order valence-electron chi connectivity index (χ4n) is 0.393. The second-order valence-electron chi connectivity index (χ2n) is 1.42. The molecule has 0 unspecified atom stereocenters. The monoisotopic (exact) mass is 170 g/mol. The zero-order valence-electron chi connectivity index (χ0n) is 4.27. The average molecular weight is 170 g/mol. The summed E-state index contributed by atoms with van der Waals surface area (Å²) in [6.07, 6.45) is 0.709. The zero-order valence-corrected chi connectivity index (χ0v) is 4.27. The van der Waals surface area contributed by atoms with Crippen molar-refractivity contribution in [2.24, 2.45) is 0 Å². The molecule has 0 aromatic carbocycles. The number of aromatic amines is 2. The van der Waals surface area contributed by atoms with Crippen LogP contribution in [0.25, 0.3) is 0 Å². The molecular weight excluding hydrogens is 166 g/mol. The predicted octanol–water partition coefficient (Wildman–Crippen LogP) is -1.45. The van der Waals surface area contributed by atoms with E-state index in [4.69, 9.17) is 0 Å². The van der Waals surface area contributed by atoms with Gasteiger partial charge in [0.2, 0.25) is 5.82 Å². The van der Waals surface area contributed by atoms with Crippen LogP contribution in [0.4, 0.5) is 4.39 Å². The summed E-state index contributed by atoms with van der Waals surface area (Å²) in [5.41, 5.74) is -1.71. The standard InChI is InChI=1S/C4H3FN2O2.K.H/c5-2-1-6-4(9)7-3(2)8;;/h1H,(H2,6,7,8,9);;. The number of nitrogens with one attached hydrogen (secondary N) is 2. The van der Waals surface area contributed by atoms with Gasteiger partial charge in [-0.15, -0.1) is 0 Å². The van der Waals surface area contributed by atoms with E-state index in [1.54, 1.807) is 4.98 Å². The summed E-state index contributed by atoms with van der Waals surface area (Å²) in [4.78, 5) is 24.0. The summed E-state index contributed by atoms with van der Waals surface area (Å²) in [7, 11) is 0. The topological polar surface area (TPSA) is 65.7 Å². The minimum absolute atomic E-state index is 0. The third-order valence-corrected chi connectivity index (χ3v) is 0.774. The van der Waals surface area contributed by atoms with Gasteiger partial charge in [-0.05, 0) is 0 Å². The second-order valence-corrected chi connectivity index (χ2v) is 1.42. The van der Waals surface area contributed by atoms with Crippen LogP contribution in [0.3, 0.4) is 0 Å². The first-order valence-corrected chi connectivity index (χ1v) is 2.17. The molecule has 1 rings (SSSR count). The molecular formula is C4H4FKN2O2. The summed E-state index contributed by atoms with van der Waals surface area (Å²) in [5.74, 6) is -0.991. The Morgan fingerprint density at radius 2 is 2.00 bits per heavy atom. The molecule has 0 saturated carbocycles. The van der Waals surface area contributed by atoms with Crippen LogP contribution in [0.15, 0.2) is 15.8 Å². The zero-order chi connectivity index (χ0) is 6.85. The quantitative estimate of drug-likeness (QED) is 0.468. The third kappa shape index (κ3) is 2.47. The van der Waals surface area contributed by atoms with Crippen LogP contribution in [-0.4, -0.2) is 61.4 Å². The summed E-state index contributed by atoms with van der Waals surface area (Å²) < 4.78 is 12.0. The Morgan fingerprint density at radius 3 is 2.40 bits per heavy atom. The van der Waals surface area contributed by atoms with E-state index < -0.39 is 17.1 Å². The van der Waals surface area contributed by atoms with Crippen LogP contribution in [-0.2, 0) is 0 Å². The Morgan fingerprint density at radius 1 is 1.40 bits per heavy atom. The number of hydrogen-bond donors (Lipinski definition) is 2. The van der Waals surface area contributed by atoms with E-state index in [9.17, 15) is 14.0 Å². The molecule has 0 bridgehead atoms. The maximum atomic E-state index is 12.0. The molecule has 1 aromatic rings. The molecule has 6 heteroatoms. The summed E-state index contributed by atoms with van der Waals surface area (Å²) in [6.45, 7) is 0. The van der Waals surface area contributed by atoms with Crippen molar-refractivity contribution >= 4 is 51.4 Å². The average Bonchev–Trinajstić information content (AvgIpc) is 1.80. The van der Waals surface area contributed by atoms with Gasteiger partial charge in [-0.1, -0.05) is 0 Å². The predicted molar refractivity (Wildman–Crippen MR) is 34.8 cm³/mol. The van der Waals surface area contributed by atoms with Crippen molar-refractivity contribution < 1.29 is 4.39 Å². The minimum atomic E-state index is -1.00. The van der Waals surface area contributed by atoms with E-state index in [-0.39, 0.29) is 51.4 Å². The van der Waals surface area contributed by atoms with Crippen LogP contribution in [0, 0.1) is 5.82 Å². The van der Waals surface area contributed by atoms with Crippen LogP contribution in [0.1, 0.15) is 0 Å². The van der Waals surface area contributed by atoms with Gasteiger partial charge in [-0.25, -0.2) is 4.79 Å². The Balaban J connectivity index is 0.000000810. The molecule has 0 aliphatic heterocycles. The van der Waals surface area contributed by atoms with E-state index in [1.807, 2.05) is 4.98 Å². The van der Waals surface area contributed by atoms with Crippen molar-refractivity contribution in [3.8, 4) is 0 Å². The van der Waals surface area contributed by atoms with E-state index in [0.29, 0.717) is 6.20 Å². The van der Waals surface area contributed by atoms with Crippen molar-refractivity contribution in [2.75, 3.05) is 0 Å². The molecule has 0 saturated heterocycles. The van der Waals surface area contributed by atoms with Crippen molar-refractivity contribution in [1.82, 2.24) is 9.97 Å². The third-order valence-electron chi connectivity index (χ3n) is 0.774. The van der Waals surface area contributed by atoms with Gasteiger partial charge in [-0.3, -0.25) is 9.78 Å². The van der Waals surface area contributed by atoms with Crippen LogP contribution in [0.5, 0.6) is 0 Å². The van der Waals surface area contributed by atoms with E-state index >= 15 is 0 Å². The van der Waals surface area contributed by atoms with Gasteiger partial charge >= 0.3 is 57.1 Å². The first-order chi connectivity index (χ1) is 4.20. The van der Waals surface area contributed by atoms with Crippen LogP contribution < -0.4 is 11.2 Å². The van der Waals surface area contributed by atoms with Gasteiger partial charge in [0.15, 0.2) is 0 Å². The molecule has 4 nitrogen and oxygen atoms in total. The van der Waals surface area contributed by atoms with Crippen molar-refractivity contribution in [1.29, 1.82) is 0 Å². The van der Waals surface area contributed by atoms with Gasteiger partial charge in [0.05, 0.1) is 0 Å². The van der Waals surface area contributed by atoms with Crippen LogP contribution in [0.2, 0.25) is 0 Å².